The number of aryl methyl sites for hydroxylation is 1. The molecule has 0 N–H and O–H groups in total. The smallest absolute Gasteiger partial charge is 0.138 e. The molecule has 0 aliphatic rings. The van der Waals surface area contributed by atoms with Gasteiger partial charge in [-0.05, 0) is 41.5 Å². The Morgan fingerprint density at radius 3 is 2.24 bits per heavy atom. The van der Waals surface area contributed by atoms with Crippen LogP contribution in [0.15, 0.2) is 48.5 Å². The van der Waals surface area contributed by atoms with Crippen molar-refractivity contribution in [3.63, 3.8) is 0 Å². The minimum Gasteiger partial charge on any atom is -0.207 e. The summed E-state index contributed by atoms with van der Waals surface area (Å²) >= 11 is 0. The summed E-state index contributed by atoms with van der Waals surface area (Å²) in [5, 5.41) is 1.28. The Balaban J connectivity index is 1.92. The van der Waals surface area contributed by atoms with E-state index in [0.29, 0.717) is 5.39 Å². The second kappa shape index (κ2) is 7.73. The maximum Gasteiger partial charge on any atom is 0.138 e. The standard InChI is InChI=1S/C22H21F3/c1-2-3-4-5-6-15-7-9-20-16(11-15)8-10-21(22(20)25)17-12-18(23)14-19(24)13-17/h7-14H,2-6H2,1H3. The summed E-state index contributed by atoms with van der Waals surface area (Å²) in [6.07, 6.45) is 5.74. The Bertz CT molecular complexity index is 864. The first-order chi connectivity index (χ1) is 12.1. The molecular formula is C22H21F3. The highest BCUT2D eigenvalue weighted by molar-refractivity contribution is 5.88. The van der Waals surface area contributed by atoms with E-state index in [4.69, 9.17) is 0 Å². The largest absolute Gasteiger partial charge is 0.207 e. The molecule has 3 aromatic carbocycles. The van der Waals surface area contributed by atoms with Crippen LogP contribution in [0.3, 0.4) is 0 Å². The van der Waals surface area contributed by atoms with E-state index < -0.39 is 17.5 Å². The highest BCUT2D eigenvalue weighted by atomic mass is 19.1. The fourth-order valence-corrected chi connectivity index (χ4v) is 3.19. The summed E-state index contributed by atoms with van der Waals surface area (Å²) in [6.45, 7) is 2.18. The lowest BCUT2D eigenvalue weighted by molar-refractivity contribution is 0.583. The van der Waals surface area contributed by atoms with Gasteiger partial charge < -0.3 is 0 Å². The van der Waals surface area contributed by atoms with Gasteiger partial charge in [0.25, 0.3) is 0 Å². The van der Waals surface area contributed by atoms with E-state index in [9.17, 15) is 13.2 Å². The van der Waals surface area contributed by atoms with Crippen molar-refractivity contribution in [3.05, 3.63) is 71.5 Å². The van der Waals surface area contributed by atoms with Crippen molar-refractivity contribution in [1.29, 1.82) is 0 Å². The zero-order valence-corrected chi connectivity index (χ0v) is 14.3. The van der Waals surface area contributed by atoms with E-state index in [1.165, 1.54) is 24.8 Å². The van der Waals surface area contributed by atoms with Crippen molar-refractivity contribution >= 4 is 10.8 Å². The van der Waals surface area contributed by atoms with Gasteiger partial charge in [0, 0.05) is 17.0 Å². The molecule has 0 spiro atoms. The number of hydrogen-bond acceptors (Lipinski definition) is 0. The summed E-state index contributed by atoms with van der Waals surface area (Å²) in [6, 6.07) is 12.2. The molecule has 0 unspecified atom stereocenters. The number of halogens is 3. The second-order valence-electron chi connectivity index (χ2n) is 6.45. The first-order valence-electron chi connectivity index (χ1n) is 8.76. The monoisotopic (exact) mass is 342 g/mol. The van der Waals surface area contributed by atoms with Crippen LogP contribution < -0.4 is 0 Å². The average molecular weight is 342 g/mol. The lowest BCUT2D eigenvalue weighted by Crippen LogP contribution is -1.91. The molecule has 0 aromatic heterocycles. The van der Waals surface area contributed by atoms with Gasteiger partial charge in [-0.15, -0.1) is 0 Å². The fourth-order valence-electron chi connectivity index (χ4n) is 3.19. The molecule has 3 rings (SSSR count). The van der Waals surface area contributed by atoms with E-state index in [1.807, 2.05) is 18.2 Å². The minimum absolute atomic E-state index is 0.209. The molecule has 3 aromatic rings. The van der Waals surface area contributed by atoms with Crippen molar-refractivity contribution in [3.8, 4) is 11.1 Å². The summed E-state index contributed by atoms with van der Waals surface area (Å²) in [4.78, 5) is 0. The van der Waals surface area contributed by atoms with Gasteiger partial charge in [-0.2, -0.15) is 0 Å². The molecule has 0 bridgehead atoms. The van der Waals surface area contributed by atoms with Crippen molar-refractivity contribution in [1.82, 2.24) is 0 Å². The predicted molar refractivity (Wildman–Crippen MR) is 97.1 cm³/mol. The molecule has 0 amide bonds. The van der Waals surface area contributed by atoms with Gasteiger partial charge in [0.2, 0.25) is 0 Å². The summed E-state index contributed by atoms with van der Waals surface area (Å²) in [5.41, 5.74) is 1.61. The maximum absolute atomic E-state index is 14.9. The average Bonchev–Trinajstić information content (AvgIpc) is 2.58. The number of rotatable bonds is 6. The van der Waals surface area contributed by atoms with Gasteiger partial charge in [0.05, 0.1) is 0 Å². The third-order valence-corrected chi connectivity index (χ3v) is 4.51. The number of unbranched alkanes of at least 4 members (excludes halogenated alkanes) is 3. The lowest BCUT2D eigenvalue weighted by Gasteiger charge is -2.09. The Morgan fingerprint density at radius 2 is 1.52 bits per heavy atom. The van der Waals surface area contributed by atoms with Crippen LogP contribution in [0.4, 0.5) is 13.2 Å². The van der Waals surface area contributed by atoms with E-state index in [-0.39, 0.29) is 11.1 Å². The predicted octanol–water partition coefficient (Wildman–Crippen LogP) is 7.05. The molecule has 0 aliphatic heterocycles. The topological polar surface area (TPSA) is 0 Å². The molecule has 25 heavy (non-hydrogen) atoms. The zero-order valence-electron chi connectivity index (χ0n) is 14.3. The highest BCUT2D eigenvalue weighted by Crippen LogP contribution is 2.30. The van der Waals surface area contributed by atoms with E-state index in [2.05, 4.69) is 6.92 Å². The normalized spacial score (nSPS) is 11.2. The fraction of sp³-hybridized carbons (Fsp3) is 0.273. The zero-order chi connectivity index (χ0) is 17.8. The third-order valence-electron chi connectivity index (χ3n) is 4.51. The molecule has 130 valence electrons. The van der Waals surface area contributed by atoms with Gasteiger partial charge in [-0.1, -0.05) is 56.5 Å². The van der Waals surface area contributed by atoms with Gasteiger partial charge in [0.1, 0.15) is 17.5 Å². The number of benzene rings is 3. The first kappa shape index (κ1) is 17.5. The Morgan fingerprint density at radius 1 is 0.760 bits per heavy atom. The Labute approximate surface area is 146 Å². The lowest BCUT2D eigenvalue weighted by atomic mass is 9.97. The van der Waals surface area contributed by atoms with Gasteiger partial charge in [0.15, 0.2) is 0 Å². The molecule has 3 heteroatoms. The molecule has 0 heterocycles. The van der Waals surface area contributed by atoms with Crippen molar-refractivity contribution in [2.45, 2.75) is 39.0 Å². The number of hydrogen-bond donors (Lipinski definition) is 0. The van der Waals surface area contributed by atoms with Crippen molar-refractivity contribution in [2.75, 3.05) is 0 Å². The summed E-state index contributed by atoms with van der Waals surface area (Å²) in [7, 11) is 0. The quantitative estimate of drug-likeness (QED) is 0.421. The van der Waals surface area contributed by atoms with Crippen LogP contribution in [0.2, 0.25) is 0 Å². The van der Waals surface area contributed by atoms with Crippen molar-refractivity contribution in [2.24, 2.45) is 0 Å². The van der Waals surface area contributed by atoms with Crippen LogP contribution in [-0.4, -0.2) is 0 Å². The summed E-state index contributed by atoms with van der Waals surface area (Å²) < 4.78 is 41.7. The number of fused-ring (bicyclic) bond motifs is 1. The van der Waals surface area contributed by atoms with E-state index in [0.717, 1.165) is 36.4 Å². The van der Waals surface area contributed by atoms with Crippen LogP contribution in [0.25, 0.3) is 21.9 Å². The molecule has 0 aliphatic carbocycles. The van der Waals surface area contributed by atoms with E-state index in [1.54, 1.807) is 12.1 Å². The molecule has 0 saturated carbocycles. The van der Waals surface area contributed by atoms with Crippen LogP contribution >= 0.6 is 0 Å². The maximum atomic E-state index is 14.9. The van der Waals surface area contributed by atoms with Gasteiger partial charge >= 0.3 is 0 Å². The first-order valence-corrected chi connectivity index (χ1v) is 8.76. The molecular weight excluding hydrogens is 321 g/mol. The molecule has 0 saturated heterocycles. The third kappa shape index (κ3) is 4.04. The summed E-state index contributed by atoms with van der Waals surface area (Å²) in [5.74, 6) is -1.87. The minimum atomic E-state index is -0.711. The Kier molecular flexibility index (Phi) is 5.42. The van der Waals surface area contributed by atoms with Crippen molar-refractivity contribution < 1.29 is 13.2 Å². The molecule has 0 fully saturated rings. The van der Waals surface area contributed by atoms with Crippen LogP contribution in [0.1, 0.15) is 38.2 Å². The highest BCUT2D eigenvalue weighted by Gasteiger charge is 2.12. The molecule has 0 radical (unpaired) electrons. The van der Waals surface area contributed by atoms with Crippen LogP contribution in [0, 0.1) is 17.5 Å². The Hall–Kier alpha value is -2.29. The molecule has 0 nitrogen and oxygen atoms in total. The molecule has 0 atom stereocenters. The SMILES string of the molecule is CCCCCCc1ccc2c(F)c(-c3cc(F)cc(F)c3)ccc2c1. The van der Waals surface area contributed by atoms with Crippen LogP contribution in [0.5, 0.6) is 0 Å². The van der Waals surface area contributed by atoms with Gasteiger partial charge in [-0.3, -0.25) is 0 Å². The van der Waals surface area contributed by atoms with E-state index >= 15 is 0 Å². The second-order valence-corrected chi connectivity index (χ2v) is 6.45. The van der Waals surface area contributed by atoms with Gasteiger partial charge in [-0.25, -0.2) is 13.2 Å². The van der Waals surface area contributed by atoms with Crippen LogP contribution in [-0.2, 0) is 6.42 Å².